The maximum absolute atomic E-state index is 14.0. The Morgan fingerprint density at radius 2 is 1.96 bits per heavy atom. The van der Waals surface area contributed by atoms with Crippen LogP contribution < -0.4 is 9.64 Å². The Morgan fingerprint density at radius 3 is 2.65 bits per heavy atom. The minimum absolute atomic E-state index is 0.190. The third kappa shape index (κ3) is 3.84. The standard InChI is InChI=1S/C19H20FN3O2S/c1-22(2)10-11-23(18(24)13-6-4-7-14(12-13)25-3)19-21-17-15(20)8-5-9-16(17)26-19/h4-9,12H,10-11H2,1-3H3. The fourth-order valence-corrected chi connectivity index (χ4v) is 3.52. The zero-order valence-corrected chi connectivity index (χ0v) is 15.7. The van der Waals surface area contributed by atoms with Gasteiger partial charge in [-0.3, -0.25) is 9.69 Å². The zero-order chi connectivity index (χ0) is 18.7. The van der Waals surface area contributed by atoms with Crippen LogP contribution in [0, 0.1) is 5.82 Å². The number of halogens is 1. The second-order valence-electron chi connectivity index (χ2n) is 6.08. The van der Waals surface area contributed by atoms with E-state index in [1.165, 1.54) is 17.4 Å². The molecule has 1 heterocycles. The van der Waals surface area contributed by atoms with E-state index in [0.717, 1.165) is 0 Å². The summed E-state index contributed by atoms with van der Waals surface area (Å²) < 4.78 is 19.9. The van der Waals surface area contributed by atoms with Gasteiger partial charge in [-0.15, -0.1) is 0 Å². The molecule has 3 aromatic rings. The van der Waals surface area contributed by atoms with Gasteiger partial charge in [0, 0.05) is 18.7 Å². The lowest BCUT2D eigenvalue weighted by Gasteiger charge is -2.22. The Labute approximate surface area is 155 Å². The van der Waals surface area contributed by atoms with Crippen molar-refractivity contribution in [1.29, 1.82) is 0 Å². The van der Waals surface area contributed by atoms with Gasteiger partial charge in [-0.2, -0.15) is 0 Å². The van der Waals surface area contributed by atoms with Crippen LogP contribution in [0.5, 0.6) is 5.75 Å². The number of ether oxygens (including phenoxy) is 1. The van der Waals surface area contributed by atoms with E-state index in [2.05, 4.69) is 4.98 Å². The van der Waals surface area contributed by atoms with Crippen molar-refractivity contribution in [2.45, 2.75) is 0 Å². The van der Waals surface area contributed by atoms with Gasteiger partial charge in [0.1, 0.15) is 17.1 Å². The van der Waals surface area contributed by atoms with E-state index in [0.29, 0.717) is 39.8 Å². The van der Waals surface area contributed by atoms with E-state index < -0.39 is 0 Å². The van der Waals surface area contributed by atoms with E-state index in [4.69, 9.17) is 4.74 Å². The molecule has 7 heteroatoms. The predicted octanol–water partition coefficient (Wildman–Crippen LogP) is 3.65. The molecule has 0 aliphatic carbocycles. The molecular formula is C19H20FN3O2S. The van der Waals surface area contributed by atoms with Crippen LogP contribution in [0.4, 0.5) is 9.52 Å². The smallest absolute Gasteiger partial charge is 0.260 e. The molecule has 3 rings (SSSR count). The summed E-state index contributed by atoms with van der Waals surface area (Å²) in [5.74, 6) is 0.0374. The molecule has 136 valence electrons. The topological polar surface area (TPSA) is 45.7 Å². The Morgan fingerprint density at radius 1 is 1.19 bits per heavy atom. The number of hydrogen-bond donors (Lipinski definition) is 0. The summed E-state index contributed by atoms with van der Waals surface area (Å²) in [6.45, 7) is 1.11. The van der Waals surface area contributed by atoms with Gasteiger partial charge in [0.15, 0.2) is 5.13 Å². The van der Waals surface area contributed by atoms with Crippen LogP contribution in [-0.2, 0) is 0 Å². The van der Waals surface area contributed by atoms with Crippen molar-refractivity contribution in [3.63, 3.8) is 0 Å². The molecule has 26 heavy (non-hydrogen) atoms. The monoisotopic (exact) mass is 373 g/mol. The molecule has 0 radical (unpaired) electrons. The summed E-state index contributed by atoms with van der Waals surface area (Å²) in [6.07, 6.45) is 0. The lowest BCUT2D eigenvalue weighted by Crippen LogP contribution is -2.36. The van der Waals surface area contributed by atoms with Crippen molar-refractivity contribution in [3.05, 3.63) is 53.8 Å². The highest BCUT2D eigenvalue weighted by atomic mass is 32.1. The van der Waals surface area contributed by atoms with Gasteiger partial charge in [-0.25, -0.2) is 9.37 Å². The first-order valence-corrected chi connectivity index (χ1v) is 8.97. The van der Waals surface area contributed by atoms with Crippen molar-refractivity contribution in [2.24, 2.45) is 0 Å². The molecule has 1 amide bonds. The van der Waals surface area contributed by atoms with Crippen molar-refractivity contribution >= 4 is 32.6 Å². The van der Waals surface area contributed by atoms with Gasteiger partial charge in [0.2, 0.25) is 0 Å². The van der Waals surface area contributed by atoms with Crippen molar-refractivity contribution < 1.29 is 13.9 Å². The molecule has 0 atom stereocenters. The summed E-state index contributed by atoms with van der Waals surface area (Å²) in [5.41, 5.74) is 0.795. The molecule has 2 aromatic carbocycles. The first-order chi connectivity index (χ1) is 12.5. The summed E-state index contributed by atoms with van der Waals surface area (Å²) in [5, 5.41) is 0.486. The summed E-state index contributed by atoms with van der Waals surface area (Å²) in [6, 6.07) is 11.8. The van der Waals surface area contributed by atoms with Crippen LogP contribution in [-0.4, -0.2) is 50.1 Å². The predicted molar refractivity (Wildman–Crippen MR) is 103 cm³/mol. The SMILES string of the molecule is COc1cccc(C(=O)N(CCN(C)C)c2nc3c(F)cccc3s2)c1. The van der Waals surface area contributed by atoms with Gasteiger partial charge in [0.05, 0.1) is 11.8 Å². The minimum Gasteiger partial charge on any atom is -0.497 e. The molecule has 5 nitrogen and oxygen atoms in total. The number of fused-ring (bicyclic) bond motifs is 1. The maximum Gasteiger partial charge on any atom is 0.260 e. The molecule has 0 bridgehead atoms. The van der Waals surface area contributed by atoms with E-state index in [-0.39, 0.29) is 11.7 Å². The number of hydrogen-bond acceptors (Lipinski definition) is 5. The lowest BCUT2D eigenvalue weighted by atomic mass is 10.2. The Bertz CT molecular complexity index is 926. The first kappa shape index (κ1) is 18.3. The van der Waals surface area contributed by atoms with E-state index in [1.807, 2.05) is 19.0 Å². The molecule has 0 saturated carbocycles. The van der Waals surface area contributed by atoms with Crippen molar-refractivity contribution in [2.75, 3.05) is 39.2 Å². The number of rotatable bonds is 6. The molecule has 0 aliphatic rings. The van der Waals surface area contributed by atoms with Crippen molar-refractivity contribution in [3.8, 4) is 5.75 Å². The number of amides is 1. The number of likely N-dealkylation sites (N-methyl/N-ethyl adjacent to an activating group) is 1. The second-order valence-corrected chi connectivity index (χ2v) is 7.08. The summed E-state index contributed by atoms with van der Waals surface area (Å²) in [7, 11) is 5.43. The van der Waals surface area contributed by atoms with Crippen LogP contribution in [0.2, 0.25) is 0 Å². The minimum atomic E-state index is -0.383. The molecule has 0 saturated heterocycles. The van der Waals surface area contributed by atoms with E-state index in [1.54, 1.807) is 48.4 Å². The number of thiazole rings is 1. The average Bonchev–Trinajstić information content (AvgIpc) is 3.07. The number of carbonyl (C=O) groups is 1. The van der Waals surface area contributed by atoms with E-state index in [9.17, 15) is 9.18 Å². The number of anilines is 1. The van der Waals surface area contributed by atoms with Crippen LogP contribution in [0.25, 0.3) is 10.2 Å². The quantitative estimate of drug-likeness (QED) is 0.662. The summed E-state index contributed by atoms with van der Waals surface area (Å²) >= 11 is 1.31. The maximum atomic E-state index is 14.0. The number of nitrogens with zero attached hydrogens (tertiary/aromatic N) is 3. The van der Waals surface area contributed by atoms with Crippen LogP contribution >= 0.6 is 11.3 Å². The Kier molecular flexibility index (Phi) is 5.49. The second kappa shape index (κ2) is 7.80. The first-order valence-electron chi connectivity index (χ1n) is 8.15. The number of carbonyl (C=O) groups excluding carboxylic acids is 1. The van der Waals surface area contributed by atoms with Gasteiger partial charge in [-0.05, 0) is 44.4 Å². The normalized spacial score (nSPS) is 11.1. The molecule has 0 N–H and O–H groups in total. The largest absolute Gasteiger partial charge is 0.497 e. The van der Waals surface area contributed by atoms with E-state index >= 15 is 0 Å². The fourth-order valence-electron chi connectivity index (χ4n) is 2.51. The highest BCUT2D eigenvalue weighted by Crippen LogP contribution is 2.31. The van der Waals surface area contributed by atoms with Gasteiger partial charge in [0.25, 0.3) is 5.91 Å². The van der Waals surface area contributed by atoms with Crippen LogP contribution in [0.15, 0.2) is 42.5 Å². The molecule has 0 aliphatic heterocycles. The number of methoxy groups -OCH3 is 1. The highest BCUT2D eigenvalue weighted by molar-refractivity contribution is 7.22. The number of aromatic nitrogens is 1. The number of para-hydroxylation sites is 1. The molecular weight excluding hydrogens is 353 g/mol. The molecule has 0 unspecified atom stereocenters. The van der Waals surface area contributed by atoms with Gasteiger partial charge >= 0.3 is 0 Å². The van der Waals surface area contributed by atoms with Crippen molar-refractivity contribution in [1.82, 2.24) is 9.88 Å². The average molecular weight is 373 g/mol. The Balaban J connectivity index is 2.00. The van der Waals surface area contributed by atoms with Gasteiger partial charge < -0.3 is 9.64 Å². The molecule has 1 aromatic heterocycles. The molecule has 0 spiro atoms. The Hall–Kier alpha value is -2.51. The van der Waals surface area contributed by atoms with Gasteiger partial charge in [-0.1, -0.05) is 23.5 Å². The fraction of sp³-hybridized carbons (Fsp3) is 0.263. The lowest BCUT2D eigenvalue weighted by molar-refractivity contribution is 0.0985. The van der Waals surface area contributed by atoms with Crippen LogP contribution in [0.3, 0.4) is 0 Å². The number of benzene rings is 2. The molecule has 0 fully saturated rings. The third-order valence-electron chi connectivity index (χ3n) is 3.92. The van der Waals surface area contributed by atoms with Crippen LogP contribution in [0.1, 0.15) is 10.4 Å². The third-order valence-corrected chi connectivity index (χ3v) is 4.97. The highest BCUT2D eigenvalue weighted by Gasteiger charge is 2.22. The zero-order valence-electron chi connectivity index (χ0n) is 14.9. The summed E-state index contributed by atoms with van der Waals surface area (Å²) in [4.78, 5) is 21.1.